The molecular weight excluding hydrogens is 250 g/mol. The second-order valence-electron chi connectivity index (χ2n) is 7.15. The fourth-order valence-electron chi connectivity index (χ4n) is 3.74. The van der Waals surface area contributed by atoms with Gasteiger partial charge >= 0.3 is 0 Å². The van der Waals surface area contributed by atoms with E-state index in [1.807, 2.05) is 0 Å². The molecule has 1 aliphatic carbocycles. The number of rotatable bonds is 3. The Morgan fingerprint density at radius 1 is 1.20 bits per heavy atom. The molecule has 0 aromatic rings. The first kappa shape index (κ1) is 15.8. The maximum absolute atomic E-state index is 12.9. The molecule has 2 rings (SSSR count). The molecule has 2 aliphatic rings. The van der Waals surface area contributed by atoms with E-state index in [0.29, 0.717) is 18.5 Å². The average Bonchev–Trinajstić information content (AvgIpc) is 2.48. The van der Waals surface area contributed by atoms with Gasteiger partial charge in [0.15, 0.2) is 0 Å². The molecule has 1 amide bonds. The molecule has 4 heteroatoms. The molecule has 1 saturated heterocycles. The predicted molar refractivity (Wildman–Crippen MR) is 82.4 cm³/mol. The van der Waals surface area contributed by atoms with Crippen molar-refractivity contribution >= 4 is 5.91 Å². The van der Waals surface area contributed by atoms with E-state index in [9.17, 15) is 4.79 Å². The molecule has 116 valence electrons. The summed E-state index contributed by atoms with van der Waals surface area (Å²) < 4.78 is 0. The number of nitrogens with zero attached hydrogens (tertiary/aromatic N) is 2. The number of piperidine rings is 1. The van der Waals surface area contributed by atoms with E-state index in [2.05, 4.69) is 30.8 Å². The maximum atomic E-state index is 12.9. The summed E-state index contributed by atoms with van der Waals surface area (Å²) >= 11 is 0. The smallest absolute Gasteiger partial charge is 0.230 e. The van der Waals surface area contributed by atoms with Gasteiger partial charge in [-0.05, 0) is 58.5 Å². The molecular formula is C16H31N3O. The van der Waals surface area contributed by atoms with Gasteiger partial charge in [-0.25, -0.2) is 0 Å². The van der Waals surface area contributed by atoms with Crippen LogP contribution in [0.2, 0.25) is 0 Å². The number of carbonyl (C=O) groups excluding carboxylic acids is 1. The molecule has 0 atom stereocenters. The van der Waals surface area contributed by atoms with Crippen molar-refractivity contribution in [2.45, 2.75) is 51.5 Å². The molecule has 4 nitrogen and oxygen atoms in total. The fraction of sp³-hybridized carbons (Fsp3) is 0.938. The number of nitrogens with two attached hydrogens (primary N) is 1. The summed E-state index contributed by atoms with van der Waals surface area (Å²) in [6.07, 6.45) is 6.45. The van der Waals surface area contributed by atoms with E-state index in [1.54, 1.807) is 0 Å². The van der Waals surface area contributed by atoms with Gasteiger partial charge in [-0.2, -0.15) is 0 Å². The highest BCUT2D eigenvalue weighted by molar-refractivity contribution is 5.83. The van der Waals surface area contributed by atoms with E-state index in [-0.39, 0.29) is 5.41 Å². The molecule has 1 saturated carbocycles. The van der Waals surface area contributed by atoms with Crippen molar-refractivity contribution < 1.29 is 4.79 Å². The van der Waals surface area contributed by atoms with Crippen molar-refractivity contribution in [3.63, 3.8) is 0 Å². The SMILES string of the molecule is CC1CCC(CN)(C(=O)N2CCC(N(C)C)CC2)CC1. The Balaban J connectivity index is 1.96. The minimum absolute atomic E-state index is 0.253. The second-order valence-corrected chi connectivity index (χ2v) is 7.15. The Morgan fingerprint density at radius 3 is 2.20 bits per heavy atom. The highest BCUT2D eigenvalue weighted by atomic mass is 16.2. The Labute approximate surface area is 123 Å². The number of hydrogen-bond donors (Lipinski definition) is 1. The van der Waals surface area contributed by atoms with Gasteiger partial charge in [-0.1, -0.05) is 6.92 Å². The van der Waals surface area contributed by atoms with Crippen LogP contribution in [-0.4, -0.2) is 55.5 Å². The lowest BCUT2D eigenvalue weighted by atomic mass is 9.69. The molecule has 0 radical (unpaired) electrons. The molecule has 1 aliphatic heterocycles. The van der Waals surface area contributed by atoms with Crippen LogP contribution in [0, 0.1) is 11.3 Å². The van der Waals surface area contributed by atoms with Crippen molar-refractivity contribution in [1.29, 1.82) is 0 Å². The topological polar surface area (TPSA) is 49.6 Å². The van der Waals surface area contributed by atoms with Gasteiger partial charge < -0.3 is 15.5 Å². The van der Waals surface area contributed by atoms with Crippen molar-refractivity contribution in [3.8, 4) is 0 Å². The zero-order chi connectivity index (χ0) is 14.8. The largest absolute Gasteiger partial charge is 0.342 e. The average molecular weight is 281 g/mol. The van der Waals surface area contributed by atoms with Crippen molar-refractivity contribution in [1.82, 2.24) is 9.80 Å². The molecule has 2 N–H and O–H groups in total. The van der Waals surface area contributed by atoms with Gasteiger partial charge in [-0.15, -0.1) is 0 Å². The third-order valence-electron chi connectivity index (χ3n) is 5.56. The zero-order valence-electron chi connectivity index (χ0n) is 13.4. The van der Waals surface area contributed by atoms with Gasteiger partial charge in [-0.3, -0.25) is 4.79 Å². The highest BCUT2D eigenvalue weighted by Crippen LogP contribution is 2.40. The van der Waals surface area contributed by atoms with E-state index in [1.165, 1.54) is 0 Å². The second kappa shape index (κ2) is 6.44. The third-order valence-corrected chi connectivity index (χ3v) is 5.56. The van der Waals surface area contributed by atoms with Crippen LogP contribution in [0.3, 0.4) is 0 Å². The van der Waals surface area contributed by atoms with Crippen molar-refractivity contribution in [2.75, 3.05) is 33.7 Å². The normalized spacial score (nSPS) is 32.6. The summed E-state index contributed by atoms with van der Waals surface area (Å²) in [7, 11) is 4.26. The molecule has 20 heavy (non-hydrogen) atoms. The van der Waals surface area contributed by atoms with Gasteiger partial charge in [0.05, 0.1) is 5.41 Å². The maximum Gasteiger partial charge on any atom is 0.230 e. The minimum Gasteiger partial charge on any atom is -0.342 e. The number of carbonyl (C=O) groups is 1. The van der Waals surface area contributed by atoms with Crippen LogP contribution in [0.1, 0.15) is 45.4 Å². The summed E-state index contributed by atoms with van der Waals surface area (Å²) in [5, 5.41) is 0. The van der Waals surface area contributed by atoms with Crippen LogP contribution >= 0.6 is 0 Å². The Hall–Kier alpha value is -0.610. The molecule has 2 fully saturated rings. The molecule has 0 aromatic heterocycles. The Bertz CT molecular complexity index is 327. The summed E-state index contributed by atoms with van der Waals surface area (Å²) in [6.45, 7) is 4.61. The molecule has 0 aromatic carbocycles. The van der Waals surface area contributed by atoms with E-state index >= 15 is 0 Å². The molecule has 0 spiro atoms. The Kier molecular flexibility index (Phi) is 5.08. The predicted octanol–water partition coefficient (Wildman–Crippen LogP) is 1.69. The van der Waals surface area contributed by atoms with E-state index in [0.717, 1.165) is 57.5 Å². The highest BCUT2D eigenvalue weighted by Gasteiger charge is 2.42. The zero-order valence-corrected chi connectivity index (χ0v) is 13.4. The lowest BCUT2D eigenvalue weighted by Crippen LogP contribution is -2.53. The number of amides is 1. The lowest BCUT2D eigenvalue weighted by molar-refractivity contribution is -0.145. The summed E-state index contributed by atoms with van der Waals surface area (Å²) in [5.41, 5.74) is 5.76. The van der Waals surface area contributed by atoms with E-state index < -0.39 is 0 Å². The standard InChI is InChI=1S/C16H31N3O/c1-13-4-8-16(12-17,9-5-13)15(20)19-10-6-14(7-11-19)18(2)3/h13-14H,4-12,17H2,1-3H3. The van der Waals surface area contributed by atoms with Crippen LogP contribution in [0.4, 0.5) is 0 Å². The first-order valence-electron chi connectivity index (χ1n) is 8.14. The van der Waals surface area contributed by atoms with Crippen LogP contribution < -0.4 is 5.73 Å². The lowest BCUT2D eigenvalue weighted by Gasteiger charge is -2.43. The van der Waals surface area contributed by atoms with Gasteiger partial charge in [0.25, 0.3) is 0 Å². The van der Waals surface area contributed by atoms with Gasteiger partial charge in [0, 0.05) is 25.7 Å². The first-order valence-corrected chi connectivity index (χ1v) is 8.14. The van der Waals surface area contributed by atoms with Crippen molar-refractivity contribution in [3.05, 3.63) is 0 Å². The van der Waals surface area contributed by atoms with Crippen LogP contribution in [0.15, 0.2) is 0 Å². The van der Waals surface area contributed by atoms with E-state index in [4.69, 9.17) is 5.73 Å². The van der Waals surface area contributed by atoms with Gasteiger partial charge in [0.2, 0.25) is 5.91 Å². The molecule has 0 unspecified atom stereocenters. The molecule has 1 heterocycles. The van der Waals surface area contributed by atoms with Crippen LogP contribution in [-0.2, 0) is 4.79 Å². The first-order chi connectivity index (χ1) is 9.48. The quantitative estimate of drug-likeness (QED) is 0.856. The summed E-state index contributed by atoms with van der Waals surface area (Å²) in [6, 6.07) is 0.624. The Morgan fingerprint density at radius 2 is 1.75 bits per heavy atom. The monoisotopic (exact) mass is 281 g/mol. The minimum atomic E-state index is -0.253. The third kappa shape index (κ3) is 3.17. The number of hydrogen-bond acceptors (Lipinski definition) is 3. The number of likely N-dealkylation sites (tertiary alicyclic amines) is 1. The summed E-state index contributed by atoms with van der Waals surface area (Å²) in [4.78, 5) is 17.3. The molecule has 0 bridgehead atoms. The van der Waals surface area contributed by atoms with Gasteiger partial charge in [0.1, 0.15) is 0 Å². The fourth-order valence-corrected chi connectivity index (χ4v) is 3.74. The summed E-state index contributed by atoms with van der Waals surface area (Å²) in [5.74, 6) is 1.09. The van der Waals surface area contributed by atoms with Crippen molar-refractivity contribution in [2.24, 2.45) is 17.1 Å². The van der Waals surface area contributed by atoms with Crippen LogP contribution in [0.25, 0.3) is 0 Å². The van der Waals surface area contributed by atoms with Crippen LogP contribution in [0.5, 0.6) is 0 Å².